The summed E-state index contributed by atoms with van der Waals surface area (Å²) < 4.78 is 58.0. The summed E-state index contributed by atoms with van der Waals surface area (Å²) in [4.78, 5) is 3.97. The predicted octanol–water partition coefficient (Wildman–Crippen LogP) is 5.11. The third-order valence-electron chi connectivity index (χ3n) is 3.65. The quantitative estimate of drug-likeness (QED) is 0.618. The molecule has 0 N–H and O–H groups in total. The Kier molecular flexibility index (Phi) is 4.49. The fourth-order valence-corrected chi connectivity index (χ4v) is 2.52. The smallest absolute Gasteiger partial charge is 0.372 e. The summed E-state index contributed by atoms with van der Waals surface area (Å²) in [5.41, 5.74) is 0.239. The third-order valence-corrected chi connectivity index (χ3v) is 3.65. The second-order valence-corrected chi connectivity index (χ2v) is 5.25. The lowest BCUT2D eigenvalue weighted by atomic mass is 10.1. The van der Waals surface area contributed by atoms with Crippen LogP contribution in [0.1, 0.15) is 16.7 Å². The summed E-state index contributed by atoms with van der Waals surface area (Å²) in [7, 11) is 0. The normalized spacial score (nSPS) is 11.8. The van der Waals surface area contributed by atoms with Crippen molar-refractivity contribution in [1.29, 1.82) is 0 Å². The standard InChI is InChI=1S/C18H13F4NO/c19-16-7-3-5-14-12(8-9-23-17(14)16)10-24-11-13-4-1-2-6-15(13)18(20,21)22/h1-9H,10-11H2. The highest BCUT2D eigenvalue weighted by molar-refractivity contribution is 5.82. The van der Waals surface area contributed by atoms with E-state index in [-0.39, 0.29) is 24.3 Å². The number of aromatic nitrogens is 1. The van der Waals surface area contributed by atoms with Crippen molar-refractivity contribution in [1.82, 2.24) is 4.98 Å². The highest BCUT2D eigenvalue weighted by Gasteiger charge is 2.32. The van der Waals surface area contributed by atoms with E-state index in [1.165, 1.54) is 30.5 Å². The molecule has 0 bridgehead atoms. The maximum Gasteiger partial charge on any atom is 0.416 e. The van der Waals surface area contributed by atoms with E-state index in [2.05, 4.69) is 4.98 Å². The monoisotopic (exact) mass is 335 g/mol. The molecule has 0 saturated carbocycles. The zero-order chi connectivity index (χ0) is 17.2. The molecule has 0 atom stereocenters. The molecular formula is C18H13F4NO. The zero-order valence-electron chi connectivity index (χ0n) is 12.5. The number of para-hydroxylation sites is 1. The summed E-state index contributed by atoms with van der Waals surface area (Å²) in [6.07, 6.45) is -2.97. The maximum atomic E-state index is 13.7. The van der Waals surface area contributed by atoms with Crippen LogP contribution in [0.4, 0.5) is 17.6 Å². The van der Waals surface area contributed by atoms with Crippen LogP contribution in [0, 0.1) is 5.82 Å². The van der Waals surface area contributed by atoms with Crippen LogP contribution in [-0.4, -0.2) is 4.98 Å². The molecule has 0 amide bonds. The Morgan fingerprint density at radius 2 is 1.62 bits per heavy atom. The largest absolute Gasteiger partial charge is 0.416 e. The summed E-state index contributed by atoms with van der Waals surface area (Å²) in [6, 6.07) is 11.5. The second-order valence-electron chi connectivity index (χ2n) is 5.25. The number of ether oxygens (including phenoxy) is 1. The van der Waals surface area contributed by atoms with Gasteiger partial charge in [-0.25, -0.2) is 4.39 Å². The van der Waals surface area contributed by atoms with Gasteiger partial charge in [0, 0.05) is 11.6 Å². The van der Waals surface area contributed by atoms with Crippen LogP contribution in [0.25, 0.3) is 10.9 Å². The molecule has 0 aliphatic heterocycles. The van der Waals surface area contributed by atoms with E-state index in [9.17, 15) is 17.6 Å². The molecule has 0 unspecified atom stereocenters. The number of rotatable bonds is 4. The lowest BCUT2D eigenvalue weighted by Crippen LogP contribution is -2.10. The van der Waals surface area contributed by atoms with Gasteiger partial charge in [-0.2, -0.15) is 13.2 Å². The van der Waals surface area contributed by atoms with E-state index in [1.54, 1.807) is 18.2 Å². The topological polar surface area (TPSA) is 22.1 Å². The van der Waals surface area contributed by atoms with Gasteiger partial charge in [0.2, 0.25) is 0 Å². The van der Waals surface area contributed by atoms with Gasteiger partial charge in [-0.05, 0) is 29.3 Å². The van der Waals surface area contributed by atoms with Crippen molar-refractivity contribution in [2.45, 2.75) is 19.4 Å². The van der Waals surface area contributed by atoms with Crippen LogP contribution in [0.15, 0.2) is 54.7 Å². The summed E-state index contributed by atoms with van der Waals surface area (Å²) in [5, 5.41) is 0.585. The summed E-state index contributed by atoms with van der Waals surface area (Å²) >= 11 is 0. The van der Waals surface area contributed by atoms with Crippen LogP contribution in [-0.2, 0) is 24.1 Å². The minimum absolute atomic E-state index is 0.0642. The average molecular weight is 335 g/mol. The Morgan fingerprint density at radius 3 is 2.42 bits per heavy atom. The molecule has 0 aliphatic rings. The van der Waals surface area contributed by atoms with Crippen LogP contribution in [0.2, 0.25) is 0 Å². The molecule has 2 nitrogen and oxygen atoms in total. The van der Waals surface area contributed by atoms with Crippen molar-refractivity contribution in [3.63, 3.8) is 0 Å². The third kappa shape index (κ3) is 3.38. The molecule has 1 heterocycles. The summed E-state index contributed by atoms with van der Waals surface area (Å²) in [6.45, 7) is -0.122. The van der Waals surface area contributed by atoms with Gasteiger partial charge >= 0.3 is 6.18 Å². The molecular weight excluding hydrogens is 322 g/mol. The number of benzene rings is 2. The van der Waals surface area contributed by atoms with Crippen LogP contribution in [0.3, 0.4) is 0 Å². The fraction of sp³-hybridized carbons (Fsp3) is 0.167. The van der Waals surface area contributed by atoms with Gasteiger partial charge in [0.25, 0.3) is 0 Å². The molecule has 24 heavy (non-hydrogen) atoms. The Bertz CT molecular complexity index is 861. The van der Waals surface area contributed by atoms with Gasteiger partial charge in [0.05, 0.1) is 18.8 Å². The molecule has 6 heteroatoms. The summed E-state index contributed by atoms with van der Waals surface area (Å²) in [5.74, 6) is -0.447. The van der Waals surface area contributed by atoms with Gasteiger partial charge in [-0.1, -0.05) is 30.3 Å². The molecule has 3 aromatic rings. The lowest BCUT2D eigenvalue weighted by molar-refractivity contribution is -0.138. The number of nitrogens with zero attached hydrogens (tertiary/aromatic N) is 1. The predicted molar refractivity (Wildman–Crippen MR) is 81.6 cm³/mol. The first-order valence-electron chi connectivity index (χ1n) is 7.22. The van der Waals surface area contributed by atoms with E-state index in [0.29, 0.717) is 10.9 Å². The molecule has 0 spiro atoms. The average Bonchev–Trinajstić information content (AvgIpc) is 2.55. The number of hydrogen-bond donors (Lipinski definition) is 0. The second kappa shape index (κ2) is 6.57. The minimum Gasteiger partial charge on any atom is -0.372 e. The Labute approximate surface area is 135 Å². The molecule has 0 radical (unpaired) electrons. The van der Waals surface area contributed by atoms with Crippen molar-refractivity contribution >= 4 is 10.9 Å². The zero-order valence-corrected chi connectivity index (χ0v) is 12.5. The van der Waals surface area contributed by atoms with E-state index in [4.69, 9.17) is 4.74 Å². The Hall–Kier alpha value is -2.47. The van der Waals surface area contributed by atoms with E-state index < -0.39 is 17.6 Å². The van der Waals surface area contributed by atoms with E-state index in [1.807, 2.05) is 0 Å². The maximum absolute atomic E-state index is 13.7. The first-order valence-corrected chi connectivity index (χ1v) is 7.22. The molecule has 2 aromatic carbocycles. The molecule has 0 aliphatic carbocycles. The van der Waals surface area contributed by atoms with Crippen LogP contribution >= 0.6 is 0 Å². The van der Waals surface area contributed by atoms with Crippen molar-refractivity contribution in [2.24, 2.45) is 0 Å². The van der Waals surface area contributed by atoms with Gasteiger partial charge in [0.15, 0.2) is 0 Å². The number of halogens is 4. The van der Waals surface area contributed by atoms with Gasteiger partial charge in [-0.15, -0.1) is 0 Å². The van der Waals surface area contributed by atoms with Gasteiger partial charge in [0.1, 0.15) is 11.3 Å². The molecule has 3 rings (SSSR count). The Morgan fingerprint density at radius 1 is 0.875 bits per heavy atom. The van der Waals surface area contributed by atoms with Crippen LogP contribution < -0.4 is 0 Å². The minimum atomic E-state index is -4.42. The van der Waals surface area contributed by atoms with Gasteiger partial charge in [-0.3, -0.25) is 4.98 Å². The number of alkyl halides is 3. The number of pyridine rings is 1. The van der Waals surface area contributed by atoms with E-state index >= 15 is 0 Å². The molecule has 1 aromatic heterocycles. The lowest BCUT2D eigenvalue weighted by Gasteiger charge is -2.13. The highest BCUT2D eigenvalue weighted by Crippen LogP contribution is 2.32. The van der Waals surface area contributed by atoms with Crippen molar-refractivity contribution < 1.29 is 22.3 Å². The van der Waals surface area contributed by atoms with Crippen molar-refractivity contribution in [2.75, 3.05) is 0 Å². The first-order chi connectivity index (χ1) is 11.5. The molecule has 124 valence electrons. The molecule has 0 fully saturated rings. The van der Waals surface area contributed by atoms with E-state index in [0.717, 1.165) is 6.07 Å². The first kappa shape index (κ1) is 16.4. The van der Waals surface area contributed by atoms with Crippen molar-refractivity contribution in [3.05, 3.63) is 77.2 Å². The SMILES string of the molecule is Fc1cccc2c(COCc3ccccc3C(F)(F)F)ccnc12. The molecule has 0 saturated heterocycles. The number of hydrogen-bond acceptors (Lipinski definition) is 2. The highest BCUT2D eigenvalue weighted by atomic mass is 19.4. The fourth-order valence-electron chi connectivity index (χ4n) is 2.52. The number of fused-ring (bicyclic) bond motifs is 1. The van der Waals surface area contributed by atoms with Crippen LogP contribution in [0.5, 0.6) is 0 Å². The van der Waals surface area contributed by atoms with Crippen molar-refractivity contribution in [3.8, 4) is 0 Å². The van der Waals surface area contributed by atoms with Gasteiger partial charge < -0.3 is 4.74 Å². The Balaban J connectivity index is 1.78.